The molecule has 0 bridgehead atoms. The Morgan fingerprint density at radius 3 is 2.12 bits per heavy atom. The SMILES string of the molecule is C=CCNC(=O)C(=O)C(CCC)NC(=O)[C@@H]1[C@@H]2[C@H](CN1C(=O)[C@@H](NC(=O)N[C@H](COC(=O)NCC)C1CCCCC1)C1CCCCC1)C2(C)C. The van der Waals surface area contributed by atoms with Gasteiger partial charge in [0.15, 0.2) is 0 Å². The summed E-state index contributed by atoms with van der Waals surface area (Å²) in [5.74, 6) is -2.24. The molecule has 4 aliphatic rings. The van der Waals surface area contributed by atoms with E-state index in [-0.39, 0.29) is 54.6 Å². The lowest BCUT2D eigenvalue weighted by Crippen LogP contribution is -2.61. The Labute approximate surface area is 297 Å². The number of hydrogen-bond donors (Lipinski definition) is 5. The summed E-state index contributed by atoms with van der Waals surface area (Å²) in [5.41, 5.74) is -0.174. The second kappa shape index (κ2) is 18.0. The summed E-state index contributed by atoms with van der Waals surface area (Å²) < 4.78 is 5.46. The lowest BCUT2D eigenvalue weighted by molar-refractivity contribution is -0.144. The van der Waals surface area contributed by atoms with Gasteiger partial charge in [0.2, 0.25) is 17.6 Å². The molecule has 0 aromatic heterocycles. The molecule has 0 spiro atoms. The molecule has 50 heavy (non-hydrogen) atoms. The van der Waals surface area contributed by atoms with E-state index in [9.17, 15) is 28.8 Å². The van der Waals surface area contributed by atoms with Gasteiger partial charge in [-0.15, -0.1) is 6.58 Å². The molecule has 1 unspecified atom stereocenters. The molecule has 0 aromatic carbocycles. The highest BCUT2D eigenvalue weighted by Gasteiger charge is 2.69. The highest BCUT2D eigenvalue weighted by molar-refractivity contribution is 6.38. The summed E-state index contributed by atoms with van der Waals surface area (Å²) in [5, 5.41) is 14.0. The van der Waals surface area contributed by atoms with Crippen LogP contribution in [0, 0.1) is 29.1 Å². The van der Waals surface area contributed by atoms with Crippen LogP contribution < -0.4 is 26.6 Å². The van der Waals surface area contributed by atoms with Crippen molar-refractivity contribution in [2.24, 2.45) is 29.1 Å². The lowest BCUT2D eigenvalue weighted by atomic mass is 9.83. The predicted molar refractivity (Wildman–Crippen MR) is 189 cm³/mol. The number of urea groups is 1. The van der Waals surface area contributed by atoms with Crippen LogP contribution >= 0.6 is 0 Å². The average Bonchev–Trinajstić information content (AvgIpc) is 3.41. The Morgan fingerprint density at radius 1 is 0.880 bits per heavy atom. The molecular formula is C37H60N6O7. The summed E-state index contributed by atoms with van der Waals surface area (Å²) in [4.78, 5) is 81.7. The van der Waals surface area contributed by atoms with Crippen molar-refractivity contribution in [3.63, 3.8) is 0 Å². The number of carbonyl (C=O) groups is 6. The van der Waals surface area contributed by atoms with Crippen LogP contribution in [-0.2, 0) is 23.9 Å². The van der Waals surface area contributed by atoms with Crippen LogP contribution in [0.15, 0.2) is 12.7 Å². The molecule has 0 aromatic rings. The zero-order valence-corrected chi connectivity index (χ0v) is 30.5. The Balaban J connectivity index is 1.53. The lowest BCUT2D eigenvalue weighted by Gasteiger charge is -2.37. The Bertz CT molecular complexity index is 1240. The average molecular weight is 701 g/mol. The third-order valence-corrected chi connectivity index (χ3v) is 11.5. The van der Waals surface area contributed by atoms with E-state index in [0.29, 0.717) is 19.5 Å². The molecule has 0 radical (unpaired) electrons. The molecule has 6 amide bonds. The van der Waals surface area contributed by atoms with Gasteiger partial charge < -0.3 is 36.2 Å². The molecule has 4 fully saturated rings. The highest BCUT2D eigenvalue weighted by Crippen LogP contribution is 2.65. The third-order valence-electron chi connectivity index (χ3n) is 11.5. The second-order valence-corrected chi connectivity index (χ2v) is 15.2. The van der Waals surface area contributed by atoms with Gasteiger partial charge in [0.25, 0.3) is 5.91 Å². The predicted octanol–water partition coefficient (Wildman–Crippen LogP) is 3.57. The number of piperidine rings is 1. The number of alkyl carbamates (subject to hydrolysis) is 1. The largest absolute Gasteiger partial charge is 0.447 e. The highest BCUT2D eigenvalue weighted by atomic mass is 16.5. The molecule has 13 nitrogen and oxygen atoms in total. The van der Waals surface area contributed by atoms with Crippen molar-refractivity contribution in [3.8, 4) is 0 Å². The summed E-state index contributed by atoms with van der Waals surface area (Å²) in [7, 11) is 0. The minimum Gasteiger partial charge on any atom is -0.447 e. The summed E-state index contributed by atoms with van der Waals surface area (Å²) in [6.07, 6.45) is 11.3. The monoisotopic (exact) mass is 700 g/mol. The molecule has 1 saturated heterocycles. The molecule has 4 rings (SSSR count). The minimum absolute atomic E-state index is 0.0298. The third kappa shape index (κ3) is 9.57. The van der Waals surface area contributed by atoms with E-state index in [1.54, 1.807) is 11.8 Å². The molecule has 1 heterocycles. The van der Waals surface area contributed by atoms with Crippen LogP contribution in [-0.4, -0.2) is 90.9 Å². The quantitative estimate of drug-likeness (QED) is 0.121. The van der Waals surface area contributed by atoms with Crippen molar-refractivity contribution in [1.29, 1.82) is 0 Å². The van der Waals surface area contributed by atoms with Gasteiger partial charge in [-0.1, -0.05) is 71.8 Å². The maximum atomic E-state index is 14.6. The van der Waals surface area contributed by atoms with Crippen LogP contribution in [0.2, 0.25) is 0 Å². The number of ether oxygens (including phenoxy) is 1. The number of amides is 6. The zero-order chi connectivity index (χ0) is 36.4. The van der Waals surface area contributed by atoms with Gasteiger partial charge >= 0.3 is 12.1 Å². The molecule has 3 saturated carbocycles. The molecule has 280 valence electrons. The summed E-state index contributed by atoms with van der Waals surface area (Å²) >= 11 is 0. The molecule has 13 heteroatoms. The minimum atomic E-state index is -1.02. The fraction of sp³-hybridized carbons (Fsp3) is 0.784. The van der Waals surface area contributed by atoms with E-state index in [2.05, 4.69) is 47.0 Å². The summed E-state index contributed by atoms with van der Waals surface area (Å²) in [6.45, 7) is 12.4. The van der Waals surface area contributed by atoms with Crippen molar-refractivity contribution in [2.75, 3.05) is 26.2 Å². The smallest absolute Gasteiger partial charge is 0.407 e. The summed E-state index contributed by atoms with van der Waals surface area (Å²) in [6, 6.07) is -3.60. The van der Waals surface area contributed by atoms with Crippen molar-refractivity contribution in [3.05, 3.63) is 12.7 Å². The number of nitrogens with one attached hydrogen (secondary N) is 5. The van der Waals surface area contributed by atoms with Crippen LogP contribution in [0.3, 0.4) is 0 Å². The zero-order valence-electron chi connectivity index (χ0n) is 30.5. The van der Waals surface area contributed by atoms with Crippen molar-refractivity contribution in [2.45, 2.75) is 129 Å². The van der Waals surface area contributed by atoms with Crippen LogP contribution in [0.25, 0.3) is 0 Å². The van der Waals surface area contributed by atoms with E-state index in [1.807, 2.05) is 6.92 Å². The molecule has 5 N–H and O–H groups in total. The van der Waals surface area contributed by atoms with Crippen LogP contribution in [0.4, 0.5) is 9.59 Å². The van der Waals surface area contributed by atoms with E-state index in [4.69, 9.17) is 4.74 Å². The van der Waals surface area contributed by atoms with Gasteiger partial charge in [-0.3, -0.25) is 19.2 Å². The van der Waals surface area contributed by atoms with Gasteiger partial charge in [0.1, 0.15) is 18.7 Å². The van der Waals surface area contributed by atoms with Gasteiger partial charge in [0.05, 0.1) is 12.1 Å². The number of hydrogen-bond acceptors (Lipinski definition) is 7. The van der Waals surface area contributed by atoms with Crippen molar-refractivity contribution >= 4 is 35.6 Å². The van der Waals surface area contributed by atoms with Crippen molar-refractivity contribution < 1.29 is 33.5 Å². The number of fused-ring (bicyclic) bond motifs is 1. The normalized spacial score (nSPS) is 24.8. The first kappa shape index (κ1) is 39.2. The van der Waals surface area contributed by atoms with Crippen LogP contribution in [0.1, 0.15) is 105 Å². The Kier molecular flexibility index (Phi) is 14.1. The number of likely N-dealkylation sites (tertiary alicyclic amines) is 1. The van der Waals surface area contributed by atoms with Gasteiger partial charge in [-0.05, 0) is 68.1 Å². The van der Waals surface area contributed by atoms with E-state index < -0.39 is 53.9 Å². The van der Waals surface area contributed by atoms with Gasteiger partial charge in [0, 0.05) is 19.6 Å². The second-order valence-electron chi connectivity index (χ2n) is 15.2. The maximum Gasteiger partial charge on any atom is 0.407 e. The number of ketones is 1. The Hall–Kier alpha value is -3.64. The van der Waals surface area contributed by atoms with Gasteiger partial charge in [-0.2, -0.15) is 0 Å². The maximum absolute atomic E-state index is 14.6. The first-order valence-electron chi connectivity index (χ1n) is 19.0. The molecule has 3 aliphatic carbocycles. The molecule has 6 atom stereocenters. The number of Topliss-reactive ketones (excluding diaryl/α,β-unsaturated/α-hetero) is 1. The topological polar surface area (TPSA) is 175 Å². The number of nitrogens with zero attached hydrogens (tertiary/aromatic N) is 1. The van der Waals surface area contributed by atoms with Gasteiger partial charge in [-0.25, -0.2) is 9.59 Å². The first-order valence-corrected chi connectivity index (χ1v) is 19.0. The Morgan fingerprint density at radius 2 is 1.52 bits per heavy atom. The van der Waals surface area contributed by atoms with Crippen LogP contribution in [0.5, 0.6) is 0 Å². The van der Waals surface area contributed by atoms with E-state index in [1.165, 1.54) is 6.08 Å². The fourth-order valence-electron chi connectivity index (χ4n) is 8.61. The van der Waals surface area contributed by atoms with Crippen molar-refractivity contribution in [1.82, 2.24) is 31.5 Å². The van der Waals surface area contributed by atoms with E-state index >= 15 is 0 Å². The molecule has 1 aliphatic heterocycles. The fourth-order valence-corrected chi connectivity index (χ4v) is 8.61. The number of rotatable bonds is 16. The first-order chi connectivity index (χ1) is 23.9. The van der Waals surface area contributed by atoms with E-state index in [0.717, 1.165) is 64.2 Å². The standard InChI is InChI=1S/C37H60N6O7/c1-6-15-26(31(44)33(46)39-20-7-2)40-32(45)30-28-25(37(28,4)5)21-43(30)34(47)29(24-18-13-10-14-19-24)42-35(48)41-27(22-50-36(49)38-8-3)23-16-11-9-12-17-23/h7,23-30H,2,6,8-22H2,1,3-5H3,(H,38,49)(H,39,46)(H,40,45)(H2,41,42,48)/t25-,26?,27+,28-,29-,30-/m0/s1. The number of carbonyl (C=O) groups excluding carboxylic acids is 6. The molecular weight excluding hydrogens is 640 g/mol.